The molecule has 33 heavy (non-hydrogen) atoms. The highest BCUT2D eigenvalue weighted by Crippen LogP contribution is 2.22. The lowest BCUT2D eigenvalue weighted by molar-refractivity contribution is -0.302. The number of rotatable bonds is 12. The number of allylic oxidation sites excluding steroid dienone is 7. The molecule has 10 heteroatoms. The summed E-state index contributed by atoms with van der Waals surface area (Å²) in [6.07, 6.45) is 17.6. The quantitative estimate of drug-likeness (QED) is 0.0791. The van der Waals surface area contributed by atoms with Crippen LogP contribution in [0.1, 0.15) is 78.1 Å². The van der Waals surface area contributed by atoms with E-state index in [1.54, 1.807) is 12.2 Å². The summed E-state index contributed by atoms with van der Waals surface area (Å²) in [5.41, 5.74) is 2.85. The van der Waals surface area contributed by atoms with Gasteiger partial charge in [-0.25, -0.2) is 13.1 Å². The number of carbonyl (C=O) groups is 1. The second-order valence-corrected chi connectivity index (χ2v) is 10.8. The maximum Gasteiger partial charge on any atom is 0.239 e. The van der Waals surface area contributed by atoms with E-state index in [2.05, 4.69) is 10.2 Å². The second-order valence-electron chi connectivity index (χ2n) is 8.40. The molecule has 0 unspecified atom stereocenters. The first-order valence-electron chi connectivity index (χ1n) is 11.5. The zero-order valence-corrected chi connectivity index (χ0v) is 21.0. The van der Waals surface area contributed by atoms with Crippen LogP contribution < -0.4 is 15.3 Å². The highest BCUT2D eigenvalue weighted by Gasteiger charge is 2.22. The van der Waals surface area contributed by atoms with E-state index in [-0.39, 0.29) is 22.8 Å². The topological polar surface area (TPSA) is 117 Å². The molecule has 0 atom stereocenters. The highest BCUT2D eigenvalue weighted by molar-refractivity contribution is 7.99. The molecule has 0 saturated heterocycles. The molecule has 186 valence electrons. The molecule has 0 bridgehead atoms. The molecular formula is C23H35N2O6S2-. The normalized spacial score (nSPS) is 20.5. The first-order valence-corrected chi connectivity index (χ1v) is 13.7. The van der Waals surface area contributed by atoms with E-state index in [1.807, 2.05) is 0 Å². The Morgan fingerprint density at radius 1 is 0.939 bits per heavy atom. The van der Waals surface area contributed by atoms with Crippen molar-refractivity contribution < 1.29 is 27.6 Å². The van der Waals surface area contributed by atoms with Crippen molar-refractivity contribution in [1.29, 1.82) is 0 Å². The van der Waals surface area contributed by atoms with Crippen LogP contribution in [0.2, 0.25) is 0 Å². The largest absolute Gasteiger partial charge is 0.875 e. The predicted octanol–water partition coefficient (Wildman–Crippen LogP) is 3.85. The van der Waals surface area contributed by atoms with Crippen LogP contribution in [-0.2, 0) is 24.1 Å². The lowest BCUT2D eigenvalue weighted by Crippen LogP contribution is -2.37. The smallest absolute Gasteiger partial charge is 0.239 e. The molecule has 0 spiro atoms. The molecule has 2 rings (SSSR count). The van der Waals surface area contributed by atoms with Gasteiger partial charge in [0, 0.05) is 12.1 Å². The fourth-order valence-corrected chi connectivity index (χ4v) is 5.65. The molecule has 0 aromatic heterocycles. The summed E-state index contributed by atoms with van der Waals surface area (Å²) in [6.45, 7) is 2.64. The molecule has 2 saturated carbocycles. The van der Waals surface area contributed by atoms with Crippen molar-refractivity contribution >= 4 is 27.8 Å². The minimum Gasteiger partial charge on any atom is -0.875 e. The van der Waals surface area contributed by atoms with Crippen molar-refractivity contribution in [3.8, 4) is 0 Å². The molecule has 2 fully saturated rings. The molecule has 8 nitrogen and oxygen atoms in total. The van der Waals surface area contributed by atoms with Gasteiger partial charge in [0.2, 0.25) is 10.0 Å². The van der Waals surface area contributed by atoms with Gasteiger partial charge < -0.3 is 5.11 Å². The number of nitrogens with one attached hydrogen (secondary N) is 2. The number of ketones is 1. The summed E-state index contributed by atoms with van der Waals surface area (Å²) in [6, 6.07) is 0.125. The maximum absolute atomic E-state index is 12.6. The van der Waals surface area contributed by atoms with E-state index in [4.69, 9.17) is 9.32 Å². The van der Waals surface area contributed by atoms with Crippen LogP contribution in [0, 0.1) is 0 Å². The Labute approximate surface area is 201 Å². The Balaban J connectivity index is 1.88. The molecule has 0 radical (unpaired) electrons. The maximum atomic E-state index is 12.6. The molecule has 0 aromatic rings. The van der Waals surface area contributed by atoms with Gasteiger partial charge >= 0.3 is 0 Å². The predicted molar refractivity (Wildman–Crippen MR) is 128 cm³/mol. The molecule has 2 aliphatic rings. The van der Waals surface area contributed by atoms with E-state index in [9.17, 15) is 18.3 Å². The van der Waals surface area contributed by atoms with Gasteiger partial charge in [-0.15, -0.1) is 15.1 Å². The van der Waals surface area contributed by atoms with E-state index in [0.29, 0.717) is 4.91 Å². The highest BCUT2D eigenvalue weighted by atomic mass is 32.2. The van der Waals surface area contributed by atoms with Crippen molar-refractivity contribution in [2.75, 3.05) is 0 Å². The summed E-state index contributed by atoms with van der Waals surface area (Å²) in [7, 11) is -3.88. The van der Waals surface area contributed by atoms with Crippen LogP contribution in [0.15, 0.2) is 45.9 Å². The molecule has 0 heterocycles. The Morgan fingerprint density at radius 3 is 2.12 bits per heavy atom. The van der Waals surface area contributed by atoms with E-state index >= 15 is 0 Å². The van der Waals surface area contributed by atoms with Gasteiger partial charge in [0.25, 0.3) is 0 Å². The van der Waals surface area contributed by atoms with Crippen LogP contribution in [0.3, 0.4) is 0 Å². The third-order valence-electron chi connectivity index (χ3n) is 5.61. The molecule has 0 amide bonds. The van der Waals surface area contributed by atoms with Gasteiger partial charge in [-0.3, -0.25) is 4.79 Å². The number of hydrogen-bond donors (Lipinski definition) is 2. The van der Waals surface area contributed by atoms with Crippen molar-refractivity contribution in [2.45, 2.75) is 90.1 Å². The van der Waals surface area contributed by atoms with Crippen LogP contribution >= 0.6 is 12.0 Å². The Kier molecular flexibility index (Phi) is 12.4. The number of hydrogen-bond acceptors (Lipinski definition) is 8. The SMILES string of the molecule is CC(=O)C(=CC=CC=C/C(=C(/C)[O-])S(=O)(=O)NC1CCCCC1)SOONC1CCCCC1. The number of carbonyl (C=O) groups excluding carboxylic acids is 1. The Bertz CT molecular complexity index is 848. The number of Topliss-reactive ketones (excluding diaryl/α,β-unsaturated/α-hetero) is 1. The van der Waals surface area contributed by atoms with Gasteiger partial charge in [0.15, 0.2) is 5.78 Å². The van der Waals surface area contributed by atoms with Crippen molar-refractivity contribution in [2.24, 2.45) is 0 Å². The minimum atomic E-state index is -3.88. The van der Waals surface area contributed by atoms with Crippen LogP contribution in [0.25, 0.3) is 0 Å². The van der Waals surface area contributed by atoms with Crippen LogP contribution in [-0.4, -0.2) is 26.3 Å². The number of sulfonamides is 1. The fraction of sp³-hybridized carbons (Fsp3) is 0.609. The lowest BCUT2D eigenvalue weighted by Gasteiger charge is -2.24. The summed E-state index contributed by atoms with van der Waals surface area (Å²) < 4.78 is 32.9. The Hall–Kier alpha value is -1.43. The molecule has 0 aliphatic heterocycles. The van der Waals surface area contributed by atoms with Crippen LogP contribution in [0.5, 0.6) is 0 Å². The van der Waals surface area contributed by atoms with Gasteiger partial charge in [0.05, 0.1) is 21.9 Å². The first kappa shape index (κ1) is 27.8. The zero-order chi connectivity index (χ0) is 24.1. The summed E-state index contributed by atoms with van der Waals surface area (Å²) in [5, 5.41) is 11.9. The lowest BCUT2D eigenvalue weighted by atomic mass is 9.96. The van der Waals surface area contributed by atoms with Crippen molar-refractivity contribution in [1.82, 2.24) is 10.2 Å². The first-order chi connectivity index (χ1) is 15.8. The average molecular weight is 500 g/mol. The van der Waals surface area contributed by atoms with Gasteiger partial charge in [-0.05, 0) is 44.8 Å². The summed E-state index contributed by atoms with van der Waals surface area (Å²) >= 11 is 0.797. The number of hydroxylamine groups is 1. The van der Waals surface area contributed by atoms with E-state index < -0.39 is 15.8 Å². The van der Waals surface area contributed by atoms with Gasteiger partial charge in [-0.1, -0.05) is 63.7 Å². The van der Waals surface area contributed by atoms with Crippen molar-refractivity contribution in [3.63, 3.8) is 0 Å². The van der Waals surface area contributed by atoms with Crippen molar-refractivity contribution in [3.05, 3.63) is 45.9 Å². The third-order valence-corrected chi connectivity index (χ3v) is 7.99. The third kappa shape index (κ3) is 10.6. The monoisotopic (exact) mass is 499 g/mol. The molecular weight excluding hydrogens is 464 g/mol. The summed E-state index contributed by atoms with van der Waals surface area (Å²) in [5.74, 6) is -0.736. The molecule has 0 aromatic carbocycles. The van der Waals surface area contributed by atoms with Crippen LogP contribution in [0.4, 0.5) is 0 Å². The summed E-state index contributed by atoms with van der Waals surface area (Å²) in [4.78, 5) is 16.8. The fourth-order valence-electron chi connectivity index (χ4n) is 3.82. The average Bonchev–Trinajstić information content (AvgIpc) is 2.77. The molecule has 2 N–H and O–H groups in total. The standard InChI is InChI=1S/C23H36N2O6S2/c1-18(26)22(32-31-30-24-20-12-6-3-7-13-20)16-10-5-11-17-23(19(2)27)33(28,29)25-21-14-8-4-9-15-21/h5,10-11,16-17,20-21,24-25,27H,3-4,6-9,12-15H2,1-2H3/p-1/b10-5?,17-11?,22-16?,23-19+. The minimum absolute atomic E-state index is 0.130. The van der Waals surface area contributed by atoms with E-state index in [0.717, 1.165) is 69.8 Å². The molecule has 2 aliphatic carbocycles. The van der Waals surface area contributed by atoms with Gasteiger partial charge in [0.1, 0.15) is 0 Å². The van der Waals surface area contributed by atoms with E-state index in [1.165, 1.54) is 38.5 Å². The second kappa shape index (κ2) is 14.7. The Morgan fingerprint density at radius 2 is 1.55 bits per heavy atom. The zero-order valence-electron chi connectivity index (χ0n) is 19.4. The van der Waals surface area contributed by atoms with Gasteiger partial charge in [-0.2, -0.15) is 5.48 Å².